The number of rotatable bonds is 5. The van der Waals surface area contributed by atoms with Crippen LogP contribution >= 0.6 is 11.6 Å². The van der Waals surface area contributed by atoms with Crippen LogP contribution in [0, 0.1) is 5.82 Å². The summed E-state index contributed by atoms with van der Waals surface area (Å²) in [6.45, 7) is 2.73. The number of hydrogen-bond acceptors (Lipinski definition) is 3. The summed E-state index contributed by atoms with van der Waals surface area (Å²) >= 11 is 5.86. The molecule has 1 aromatic heterocycles. The fraction of sp³-hybridized carbons (Fsp3) is 0.267. The second kappa shape index (κ2) is 6.68. The van der Waals surface area contributed by atoms with Gasteiger partial charge in [0.05, 0.1) is 18.2 Å². The van der Waals surface area contributed by atoms with Crippen molar-refractivity contribution >= 4 is 11.6 Å². The third-order valence-electron chi connectivity index (χ3n) is 2.98. The number of halogens is 2. The van der Waals surface area contributed by atoms with E-state index in [9.17, 15) is 4.39 Å². The largest absolute Gasteiger partial charge is 0.495 e. The summed E-state index contributed by atoms with van der Waals surface area (Å²) < 4.78 is 18.6. The zero-order valence-corrected chi connectivity index (χ0v) is 12.1. The molecule has 1 N–H and O–H groups in total. The zero-order chi connectivity index (χ0) is 14.5. The smallest absolute Gasteiger partial charge is 0.142 e. The number of hydrogen-bond donors (Lipinski definition) is 1. The molecule has 0 aliphatic heterocycles. The van der Waals surface area contributed by atoms with Crippen molar-refractivity contribution in [1.82, 2.24) is 10.3 Å². The van der Waals surface area contributed by atoms with Crippen LogP contribution in [-0.4, -0.2) is 18.6 Å². The summed E-state index contributed by atoms with van der Waals surface area (Å²) in [5.41, 5.74) is 1.59. The second-order valence-corrected chi connectivity index (χ2v) is 4.66. The van der Waals surface area contributed by atoms with Gasteiger partial charge in [-0.1, -0.05) is 24.6 Å². The van der Waals surface area contributed by atoms with E-state index in [0.717, 1.165) is 17.8 Å². The standard InChI is InChI=1S/C15H16ClFN2O/c1-3-18-14(10-6-7-12(17)11(16)9-10)15-13(20-2)5-4-8-19-15/h4-9,14,18H,3H2,1-2H3. The minimum Gasteiger partial charge on any atom is -0.495 e. The van der Waals surface area contributed by atoms with Gasteiger partial charge in [0, 0.05) is 6.20 Å². The monoisotopic (exact) mass is 294 g/mol. The first kappa shape index (κ1) is 14.8. The van der Waals surface area contributed by atoms with Crippen molar-refractivity contribution in [2.45, 2.75) is 13.0 Å². The number of aromatic nitrogens is 1. The van der Waals surface area contributed by atoms with E-state index in [0.29, 0.717) is 5.75 Å². The molecule has 1 atom stereocenters. The van der Waals surface area contributed by atoms with E-state index in [1.165, 1.54) is 6.07 Å². The van der Waals surface area contributed by atoms with Crippen LogP contribution in [-0.2, 0) is 0 Å². The Bertz CT molecular complexity index is 592. The minimum absolute atomic E-state index is 0.0975. The summed E-state index contributed by atoms with van der Waals surface area (Å²) in [6, 6.07) is 8.12. The Morgan fingerprint density at radius 3 is 2.85 bits per heavy atom. The summed E-state index contributed by atoms with van der Waals surface area (Å²) in [4.78, 5) is 4.37. The van der Waals surface area contributed by atoms with Crippen molar-refractivity contribution in [3.05, 3.63) is 58.6 Å². The van der Waals surface area contributed by atoms with E-state index in [1.807, 2.05) is 19.1 Å². The molecule has 1 aromatic carbocycles. The van der Waals surface area contributed by atoms with Crippen LogP contribution in [0.5, 0.6) is 5.75 Å². The van der Waals surface area contributed by atoms with E-state index in [2.05, 4.69) is 10.3 Å². The Labute approximate surface area is 122 Å². The van der Waals surface area contributed by atoms with E-state index in [1.54, 1.807) is 25.4 Å². The molecule has 0 aliphatic carbocycles. The van der Waals surface area contributed by atoms with Crippen LogP contribution in [0.4, 0.5) is 4.39 Å². The Balaban J connectivity index is 2.47. The van der Waals surface area contributed by atoms with Gasteiger partial charge in [0.2, 0.25) is 0 Å². The highest BCUT2D eigenvalue weighted by Crippen LogP contribution is 2.29. The lowest BCUT2D eigenvalue weighted by molar-refractivity contribution is 0.400. The zero-order valence-electron chi connectivity index (χ0n) is 11.4. The molecule has 106 valence electrons. The quantitative estimate of drug-likeness (QED) is 0.915. The molecule has 0 radical (unpaired) electrons. The molecule has 0 saturated heterocycles. The predicted octanol–water partition coefficient (Wildman–Crippen LogP) is 3.58. The molecular formula is C15H16ClFN2O. The predicted molar refractivity (Wildman–Crippen MR) is 77.7 cm³/mol. The number of pyridine rings is 1. The van der Waals surface area contributed by atoms with Gasteiger partial charge < -0.3 is 10.1 Å². The van der Waals surface area contributed by atoms with Gasteiger partial charge >= 0.3 is 0 Å². The summed E-state index contributed by atoms with van der Waals surface area (Å²) in [7, 11) is 1.60. The molecule has 1 unspecified atom stereocenters. The number of methoxy groups -OCH3 is 1. The third kappa shape index (κ3) is 3.08. The average Bonchev–Trinajstić information content (AvgIpc) is 2.48. The second-order valence-electron chi connectivity index (χ2n) is 4.26. The molecule has 3 nitrogen and oxygen atoms in total. The first-order valence-electron chi connectivity index (χ1n) is 6.34. The minimum atomic E-state index is -0.432. The van der Waals surface area contributed by atoms with E-state index in [4.69, 9.17) is 16.3 Å². The molecule has 2 aromatic rings. The van der Waals surface area contributed by atoms with Crippen LogP contribution in [0.15, 0.2) is 36.5 Å². The Morgan fingerprint density at radius 2 is 2.20 bits per heavy atom. The maximum atomic E-state index is 13.3. The van der Waals surface area contributed by atoms with Crippen molar-refractivity contribution in [3.63, 3.8) is 0 Å². The number of benzene rings is 1. The highest BCUT2D eigenvalue weighted by molar-refractivity contribution is 6.30. The molecule has 1 heterocycles. The van der Waals surface area contributed by atoms with Crippen molar-refractivity contribution < 1.29 is 9.13 Å². The third-order valence-corrected chi connectivity index (χ3v) is 3.27. The van der Waals surface area contributed by atoms with Gasteiger partial charge in [-0.25, -0.2) is 4.39 Å². The fourth-order valence-corrected chi connectivity index (χ4v) is 2.25. The molecule has 0 fully saturated rings. The van der Waals surface area contributed by atoms with Crippen LogP contribution in [0.2, 0.25) is 5.02 Å². The number of ether oxygens (including phenoxy) is 1. The molecule has 0 aliphatic rings. The molecular weight excluding hydrogens is 279 g/mol. The topological polar surface area (TPSA) is 34.2 Å². The van der Waals surface area contributed by atoms with Gasteiger partial charge in [0.15, 0.2) is 0 Å². The van der Waals surface area contributed by atoms with Crippen molar-refractivity contribution in [2.75, 3.05) is 13.7 Å². The highest BCUT2D eigenvalue weighted by Gasteiger charge is 2.19. The normalized spacial score (nSPS) is 12.2. The van der Waals surface area contributed by atoms with Crippen molar-refractivity contribution in [1.29, 1.82) is 0 Å². The molecule has 2 rings (SSSR count). The Kier molecular flexibility index (Phi) is 4.93. The molecule has 0 amide bonds. The first-order chi connectivity index (χ1) is 9.67. The van der Waals surface area contributed by atoms with Gasteiger partial charge in [0.25, 0.3) is 0 Å². The molecule has 20 heavy (non-hydrogen) atoms. The lowest BCUT2D eigenvalue weighted by Crippen LogP contribution is -2.23. The van der Waals surface area contributed by atoms with E-state index < -0.39 is 5.82 Å². The van der Waals surface area contributed by atoms with Crippen LogP contribution in [0.25, 0.3) is 0 Å². The van der Waals surface area contributed by atoms with Gasteiger partial charge in [-0.2, -0.15) is 0 Å². The van der Waals surface area contributed by atoms with Gasteiger partial charge in [0.1, 0.15) is 17.3 Å². The summed E-state index contributed by atoms with van der Waals surface area (Å²) in [6.07, 6.45) is 1.70. The first-order valence-corrected chi connectivity index (χ1v) is 6.72. The summed E-state index contributed by atoms with van der Waals surface area (Å²) in [5, 5.41) is 3.41. The maximum Gasteiger partial charge on any atom is 0.142 e. The lowest BCUT2D eigenvalue weighted by Gasteiger charge is -2.20. The fourth-order valence-electron chi connectivity index (χ4n) is 2.06. The molecule has 0 spiro atoms. The Hall–Kier alpha value is -1.65. The lowest BCUT2D eigenvalue weighted by atomic mass is 10.0. The number of nitrogens with one attached hydrogen (secondary N) is 1. The van der Waals surface area contributed by atoms with Gasteiger partial charge in [-0.3, -0.25) is 4.98 Å². The van der Waals surface area contributed by atoms with Crippen molar-refractivity contribution in [2.24, 2.45) is 0 Å². The molecule has 5 heteroatoms. The van der Waals surface area contributed by atoms with Gasteiger partial charge in [-0.05, 0) is 36.4 Å². The van der Waals surface area contributed by atoms with E-state index >= 15 is 0 Å². The van der Waals surface area contributed by atoms with Crippen LogP contribution in [0.3, 0.4) is 0 Å². The molecule has 0 bridgehead atoms. The number of nitrogens with zero attached hydrogens (tertiary/aromatic N) is 1. The summed E-state index contributed by atoms with van der Waals surface area (Å²) in [5.74, 6) is 0.248. The van der Waals surface area contributed by atoms with Crippen LogP contribution < -0.4 is 10.1 Å². The van der Waals surface area contributed by atoms with Crippen LogP contribution in [0.1, 0.15) is 24.2 Å². The van der Waals surface area contributed by atoms with E-state index in [-0.39, 0.29) is 11.1 Å². The SMILES string of the molecule is CCNC(c1ccc(F)c(Cl)c1)c1ncccc1OC. The average molecular weight is 295 g/mol. The highest BCUT2D eigenvalue weighted by atomic mass is 35.5. The molecule has 0 saturated carbocycles. The maximum absolute atomic E-state index is 13.3. The Morgan fingerprint density at radius 1 is 1.40 bits per heavy atom. The van der Waals surface area contributed by atoms with Gasteiger partial charge in [-0.15, -0.1) is 0 Å². The van der Waals surface area contributed by atoms with Crippen molar-refractivity contribution in [3.8, 4) is 5.75 Å².